The van der Waals surface area contributed by atoms with Crippen LogP contribution in [-0.2, 0) is 0 Å². The minimum atomic E-state index is -0.456. The van der Waals surface area contributed by atoms with Crippen molar-refractivity contribution in [1.29, 1.82) is 0 Å². The van der Waals surface area contributed by atoms with Gasteiger partial charge in [-0.25, -0.2) is 4.39 Å². The van der Waals surface area contributed by atoms with Crippen molar-refractivity contribution in [1.82, 2.24) is 10.2 Å². The van der Waals surface area contributed by atoms with Crippen molar-refractivity contribution in [2.45, 2.75) is 6.92 Å². The molecule has 0 heterocycles. The molecule has 0 aliphatic rings. The molecule has 1 aromatic rings. The fourth-order valence-electron chi connectivity index (χ4n) is 1.33. The Kier molecular flexibility index (Phi) is 4.45. The number of benzene rings is 1. The fourth-order valence-corrected chi connectivity index (χ4v) is 1.33. The zero-order valence-corrected chi connectivity index (χ0v) is 10.4. The molecule has 4 nitrogen and oxygen atoms in total. The average Bonchev–Trinajstić information content (AvgIpc) is 2.24. The number of nitrogens with zero attached hydrogens (tertiary/aromatic N) is 1. The Morgan fingerprint density at radius 2 is 2.12 bits per heavy atom. The smallest absolute Gasteiger partial charge is 0.251 e. The first-order valence-corrected chi connectivity index (χ1v) is 5.40. The van der Waals surface area contributed by atoms with Crippen LogP contribution in [0.15, 0.2) is 12.1 Å². The van der Waals surface area contributed by atoms with Crippen molar-refractivity contribution >= 4 is 11.6 Å². The molecule has 0 radical (unpaired) electrons. The van der Waals surface area contributed by atoms with Crippen LogP contribution in [-0.4, -0.2) is 38.0 Å². The Morgan fingerprint density at radius 3 is 2.65 bits per heavy atom. The maximum absolute atomic E-state index is 13.4. The molecular formula is C12H18FN3O. The van der Waals surface area contributed by atoms with E-state index in [0.717, 1.165) is 6.54 Å². The monoisotopic (exact) mass is 239 g/mol. The van der Waals surface area contributed by atoms with Gasteiger partial charge in [0, 0.05) is 29.9 Å². The number of carbonyl (C=O) groups is 1. The van der Waals surface area contributed by atoms with E-state index in [4.69, 9.17) is 5.73 Å². The number of amides is 1. The number of hydrogen-bond donors (Lipinski definition) is 2. The van der Waals surface area contributed by atoms with Crippen LogP contribution in [0.4, 0.5) is 10.1 Å². The average molecular weight is 239 g/mol. The molecule has 0 bridgehead atoms. The van der Waals surface area contributed by atoms with Crippen molar-refractivity contribution < 1.29 is 9.18 Å². The third-order valence-corrected chi connectivity index (χ3v) is 2.49. The topological polar surface area (TPSA) is 58.4 Å². The van der Waals surface area contributed by atoms with Crippen molar-refractivity contribution in [3.63, 3.8) is 0 Å². The minimum Gasteiger partial charge on any atom is -0.398 e. The number of nitrogens with two attached hydrogens (primary N) is 1. The molecule has 0 atom stereocenters. The molecule has 1 aromatic carbocycles. The van der Waals surface area contributed by atoms with Crippen molar-refractivity contribution in [2.75, 3.05) is 32.9 Å². The highest BCUT2D eigenvalue weighted by molar-refractivity contribution is 5.95. The lowest BCUT2D eigenvalue weighted by molar-refractivity contribution is 0.0950. The van der Waals surface area contributed by atoms with Gasteiger partial charge >= 0.3 is 0 Å². The summed E-state index contributed by atoms with van der Waals surface area (Å²) in [6.07, 6.45) is 0. The fraction of sp³-hybridized carbons (Fsp3) is 0.417. The van der Waals surface area contributed by atoms with E-state index in [-0.39, 0.29) is 11.5 Å². The lowest BCUT2D eigenvalue weighted by Gasteiger charge is -2.11. The van der Waals surface area contributed by atoms with Gasteiger partial charge in [0.1, 0.15) is 5.82 Å². The normalized spacial score (nSPS) is 10.6. The number of halogens is 1. The number of anilines is 1. The van der Waals surface area contributed by atoms with Crippen molar-refractivity contribution in [2.24, 2.45) is 0 Å². The van der Waals surface area contributed by atoms with Gasteiger partial charge in [0.25, 0.3) is 5.91 Å². The quantitative estimate of drug-likeness (QED) is 0.771. The van der Waals surface area contributed by atoms with Gasteiger partial charge in [-0.2, -0.15) is 0 Å². The van der Waals surface area contributed by atoms with E-state index in [0.29, 0.717) is 17.8 Å². The van der Waals surface area contributed by atoms with E-state index in [9.17, 15) is 9.18 Å². The second-order valence-electron chi connectivity index (χ2n) is 4.23. The summed E-state index contributed by atoms with van der Waals surface area (Å²) in [6.45, 7) is 2.83. The van der Waals surface area contributed by atoms with Crippen LogP contribution in [0.25, 0.3) is 0 Å². The van der Waals surface area contributed by atoms with Crippen molar-refractivity contribution in [3.05, 3.63) is 29.1 Å². The second-order valence-corrected chi connectivity index (χ2v) is 4.23. The summed E-state index contributed by atoms with van der Waals surface area (Å²) >= 11 is 0. The van der Waals surface area contributed by atoms with Gasteiger partial charge in [-0.3, -0.25) is 4.79 Å². The highest BCUT2D eigenvalue weighted by Gasteiger charge is 2.10. The predicted octanol–water partition coefficient (Wildman–Crippen LogP) is 1.01. The molecule has 0 fully saturated rings. The van der Waals surface area contributed by atoms with E-state index >= 15 is 0 Å². The summed E-state index contributed by atoms with van der Waals surface area (Å²) in [5, 5.41) is 2.70. The summed E-state index contributed by atoms with van der Waals surface area (Å²) in [6, 6.07) is 2.69. The van der Waals surface area contributed by atoms with Gasteiger partial charge in [-0.05, 0) is 33.2 Å². The van der Waals surface area contributed by atoms with Gasteiger partial charge in [0.15, 0.2) is 0 Å². The van der Waals surface area contributed by atoms with E-state index in [2.05, 4.69) is 5.32 Å². The molecule has 17 heavy (non-hydrogen) atoms. The standard InChI is InChI=1S/C12H18FN3O/c1-8-10(13)6-9(7-11(8)14)12(17)15-4-5-16(2)3/h6-7H,4-5,14H2,1-3H3,(H,15,17). The Hall–Kier alpha value is -1.62. The number of carbonyl (C=O) groups excluding carboxylic acids is 1. The minimum absolute atomic E-state index is 0.254. The highest BCUT2D eigenvalue weighted by Crippen LogP contribution is 2.17. The molecule has 94 valence electrons. The lowest BCUT2D eigenvalue weighted by Crippen LogP contribution is -2.31. The van der Waals surface area contributed by atoms with Crippen molar-refractivity contribution in [3.8, 4) is 0 Å². The molecule has 0 spiro atoms. The van der Waals surface area contributed by atoms with Gasteiger partial charge < -0.3 is 16.0 Å². The van der Waals surface area contributed by atoms with Gasteiger partial charge in [0.05, 0.1) is 0 Å². The molecule has 3 N–H and O–H groups in total. The molecule has 1 amide bonds. The summed E-state index contributed by atoms with van der Waals surface area (Å²) in [5.74, 6) is -0.764. The number of nitrogens with one attached hydrogen (secondary N) is 1. The number of hydrogen-bond acceptors (Lipinski definition) is 3. The largest absolute Gasteiger partial charge is 0.398 e. The van der Waals surface area contributed by atoms with E-state index in [1.54, 1.807) is 6.92 Å². The maximum Gasteiger partial charge on any atom is 0.251 e. The van der Waals surface area contributed by atoms with Gasteiger partial charge in [0.2, 0.25) is 0 Å². The number of likely N-dealkylation sites (N-methyl/N-ethyl adjacent to an activating group) is 1. The van der Waals surface area contributed by atoms with Crippen LogP contribution < -0.4 is 11.1 Å². The third kappa shape index (κ3) is 3.71. The van der Waals surface area contributed by atoms with E-state index in [1.165, 1.54) is 12.1 Å². The third-order valence-electron chi connectivity index (χ3n) is 2.49. The first-order valence-electron chi connectivity index (χ1n) is 5.40. The molecule has 1 rings (SSSR count). The van der Waals surface area contributed by atoms with Gasteiger partial charge in [-0.1, -0.05) is 0 Å². The van der Waals surface area contributed by atoms with Crippen LogP contribution in [0.2, 0.25) is 0 Å². The first-order chi connectivity index (χ1) is 7.91. The lowest BCUT2D eigenvalue weighted by atomic mass is 10.1. The predicted molar refractivity (Wildman–Crippen MR) is 66.4 cm³/mol. The summed E-state index contributed by atoms with van der Waals surface area (Å²) in [5.41, 5.74) is 6.53. The zero-order chi connectivity index (χ0) is 13.0. The molecule has 0 saturated heterocycles. The second kappa shape index (κ2) is 5.63. The van der Waals surface area contributed by atoms with Gasteiger partial charge in [-0.15, -0.1) is 0 Å². The Labute approximate surface area is 101 Å². The Bertz CT molecular complexity index is 395. The Morgan fingerprint density at radius 1 is 1.47 bits per heavy atom. The van der Waals surface area contributed by atoms with Crippen LogP contribution in [0.3, 0.4) is 0 Å². The van der Waals surface area contributed by atoms with Crippen LogP contribution >= 0.6 is 0 Å². The molecule has 0 aliphatic carbocycles. The Balaban J connectivity index is 2.70. The first kappa shape index (κ1) is 13.4. The zero-order valence-electron chi connectivity index (χ0n) is 10.4. The number of nitrogen functional groups attached to an aromatic ring is 1. The van der Waals surface area contributed by atoms with Crippen LogP contribution in [0.1, 0.15) is 15.9 Å². The maximum atomic E-state index is 13.4. The summed E-state index contributed by atoms with van der Waals surface area (Å²) in [4.78, 5) is 13.6. The molecule has 0 aromatic heterocycles. The molecule has 0 unspecified atom stereocenters. The molecule has 0 aliphatic heterocycles. The van der Waals surface area contributed by atoms with Crippen LogP contribution in [0.5, 0.6) is 0 Å². The summed E-state index contributed by atoms with van der Waals surface area (Å²) in [7, 11) is 3.82. The SMILES string of the molecule is Cc1c(N)cc(C(=O)NCCN(C)C)cc1F. The summed E-state index contributed by atoms with van der Waals surface area (Å²) < 4.78 is 13.4. The highest BCUT2D eigenvalue weighted by atomic mass is 19.1. The van der Waals surface area contributed by atoms with Crippen LogP contribution in [0, 0.1) is 12.7 Å². The molecule has 0 saturated carbocycles. The number of rotatable bonds is 4. The van der Waals surface area contributed by atoms with E-state index in [1.807, 2.05) is 19.0 Å². The molecule has 5 heteroatoms. The van der Waals surface area contributed by atoms with E-state index < -0.39 is 5.82 Å². The molecular weight excluding hydrogens is 221 g/mol.